The molecule has 0 radical (unpaired) electrons. The van der Waals surface area contributed by atoms with Gasteiger partial charge in [0.05, 0.1) is 14.6 Å². The molecule has 0 amide bonds. The Morgan fingerprint density at radius 3 is 2.70 bits per heavy atom. The predicted octanol–water partition coefficient (Wildman–Crippen LogP) is 4.39. The minimum Gasteiger partial charge on any atom is -0.292 e. The molecular formula is C20H17N3O2S2. The van der Waals surface area contributed by atoms with E-state index in [-0.39, 0.29) is 17.9 Å². The molecule has 4 rings (SSSR count). The fourth-order valence-corrected chi connectivity index (χ4v) is 4.79. The highest BCUT2D eigenvalue weighted by molar-refractivity contribution is 7.20. The Morgan fingerprint density at radius 1 is 1.19 bits per heavy atom. The van der Waals surface area contributed by atoms with E-state index in [9.17, 15) is 9.59 Å². The lowest BCUT2D eigenvalue weighted by Gasteiger charge is -2.09. The Morgan fingerprint density at radius 2 is 2.00 bits per heavy atom. The highest BCUT2D eigenvalue weighted by Crippen LogP contribution is 2.32. The number of rotatable bonds is 4. The maximum absolute atomic E-state index is 12.9. The third-order valence-corrected chi connectivity index (χ3v) is 6.19. The van der Waals surface area contributed by atoms with Crippen molar-refractivity contribution in [2.75, 3.05) is 0 Å². The summed E-state index contributed by atoms with van der Waals surface area (Å²) in [5.74, 6) is -0.134. The van der Waals surface area contributed by atoms with Crippen LogP contribution in [0.5, 0.6) is 0 Å². The van der Waals surface area contributed by atoms with Gasteiger partial charge >= 0.3 is 0 Å². The van der Waals surface area contributed by atoms with Gasteiger partial charge in [-0.25, -0.2) is 9.67 Å². The van der Waals surface area contributed by atoms with E-state index in [2.05, 4.69) is 10.1 Å². The average Bonchev–Trinajstić information content (AvgIpc) is 3.27. The first-order chi connectivity index (χ1) is 12.9. The monoisotopic (exact) mass is 395 g/mol. The fraction of sp³-hybridized carbons (Fsp3) is 0.200. The summed E-state index contributed by atoms with van der Waals surface area (Å²) in [5.41, 5.74) is 3.37. The van der Waals surface area contributed by atoms with Crippen molar-refractivity contribution < 1.29 is 4.79 Å². The van der Waals surface area contributed by atoms with E-state index in [0.29, 0.717) is 16.8 Å². The lowest BCUT2D eigenvalue weighted by atomic mass is 10.0. The first-order valence-electron chi connectivity index (χ1n) is 8.46. The van der Waals surface area contributed by atoms with Gasteiger partial charge in [-0.2, -0.15) is 5.10 Å². The number of thiazole rings is 1. The number of thiophene rings is 1. The summed E-state index contributed by atoms with van der Waals surface area (Å²) in [7, 11) is 0. The van der Waals surface area contributed by atoms with Crippen molar-refractivity contribution in [3.63, 3.8) is 0 Å². The minimum atomic E-state index is -0.326. The molecule has 0 atom stereocenters. The average molecular weight is 396 g/mol. The molecule has 0 unspecified atom stereocenters. The van der Waals surface area contributed by atoms with Crippen LogP contribution in [0.3, 0.4) is 0 Å². The summed E-state index contributed by atoms with van der Waals surface area (Å²) in [6, 6.07) is 9.58. The van der Waals surface area contributed by atoms with Crippen LogP contribution in [0.2, 0.25) is 0 Å². The second-order valence-electron chi connectivity index (χ2n) is 6.44. The third-order valence-electron chi connectivity index (χ3n) is 4.34. The molecule has 0 bridgehead atoms. The summed E-state index contributed by atoms with van der Waals surface area (Å²) in [6.07, 6.45) is 0. The summed E-state index contributed by atoms with van der Waals surface area (Å²) in [6.45, 7) is 5.65. The van der Waals surface area contributed by atoms with Crippen molar-refractivity contribution in [1.82, 2.24) is 14.8 Å². The summed E-state index contributed by atoms with van der Waals surface area (Å²) in [5, 5.41) is 7.30. The van der Waals surface area contributed by atoms with E-state index in [0.717, 1.165) is 25.7 Å². The van der Waals surface area contributed by atoms with E-state index < -0.39 is 0 Å². The number of carbonyl (C=O) groups is 1. The standard InChI is InChI=1S/C20H17N3O2S2/c1-11-6-7-14(12(2)9-11)15(24)10-23-20(25)18-19(27-13(3)21-18)17(22-23)16-5-4-8-26-16/h4-9H,10H2,1-3H3. The lowest BCUT2D eigenvalue weighted by Crippen LogP contribution is -2.27. The van der Waals surface area contributed by atoms with Gasteiger partial charge in [-0.05, 0) is 37.8 Å². The largest absolute Gasteiger partial charge is 0.294 e. The second kappa shape index (κ2) is 6.83. The van der Waals surface area contributed by atoms with Crippen molar-refractivity contribution in [3.05, 3.63) is 67.8 Å². The number of hydrogen-bond donors (Lipinski definition) is 0. The van der Waals surface area contributed by atoms with Crippen LogP contribution in [0.4, 0.5) is 0 Å². The van der Waals surface area contributed by atoms with Crippen LogP contribution >= 0.6 is 22.7 Å². The smallest absolute Gasteiger partial charge is 0.292 e. The number of benzene rings is 1. The van der Waals surface area contributed by atoms with E-state index in [1.54, 1.807) is 11.3 Å². The number of aromatic nitrogens is 3. The lowest BCUT2D eigenvalue weighted by molar-refractivity contribution is 0.0965. The molecule has 0 saturated carbocycles. The van der Waals surface area contributed by atoms with Crippen LogP contribution in [0.25, 0.3) is 20.8 Å². The molecule has 27 heavy (non-hydrogen) atoms. The van der Waals surface area contributed by atoms with E-state index in [4.69, 9.17) is 0 Å². The first-order valence-corrected chi connectivity index (χ1v) is 10.2. The zero-order valence-electron chi connectivity index (χ0n) is 15.1. The molecule has 4 aromatic rings. The maximum Gasteiger partial charge on any atom is 0.294 e. The van der Waals surface area contributed by atoms with Gasteiger partial charge < -0.3 is 0 Å². The van der Waals surface area contributed by atoms with Gasteiger partial charge in [0.15, 0.2) is 11.3 Å². The molecule has 0 N–H and O–H groups in total. The molecule has 0 aliphatic heterocycles. The number of aryl methyl sites for hydroxylation is 3. The Hall–Kier alpha value is -2.64. The number of ketones is 1. The molecule has 3 heterocycles. The van der Waals surface area contributed by atoms with E-state index >= 15 is 0 Å². The Bertz CT molecular complexity index is 1220. The number of nitrogens with zero attached hydrogens (tertiary/aromatic N) is 3. The molecule has 0 spiro atoms. The van der Waals surface area contributed by atoms with Crippen LogP contribution in [0, 0.1) is 20.8 Å². The molecular weight excluding hydrogens is 378 g/mol. The van der Waals surface area contributed by atoms with Crippen LogP contribution in [-0.4, -0.2) is 20.5 Å². The quantitative estimate of drug-likeness (QED) is 0.481. The normalized spacial score (nSPS) is 11.2. The number of Topliss-reactive ketones (excluding diaryl/α,β-unsaturated/α-hetero) is 1. The van der Waals surface area contributed by atoms with Crippen molar-refractivity contribution in [3.8, 4) is 10.6 Å². The number of fused-ring (bicyclic) bond motifs is 1. The van der Waals surface area contributed by atoms with Gasteiger partial charge in [0, 0.05) is 5.56 Å². The minimum absolute atomic E-state index is 0.104. The zero-order valence-corrected chi connectivity index (χ0v) is 16.8. The molecule has 136 valence electrons. The predicted molar refractivity (Wildman–Crippen MR) is 110 cm³/mol. The van der Waals surface area contributed by atoms with Crippen molar-refractivity contribution in [2.24, 2.45) is 0 Å². The highest BCUT2D eigenvalue weighted by Gasteiger charge is 2.19. The molecule has 0 aliphatic rings. The maximum atomic E-state index is 12.9. The Labute approximate surface area is 163 Å². The van der Waals surface area contributed by atoms with Gasteiger partial charge in [-0.1, -0.05) is 29.8 Å². The highest BCUT2D eigenvalue weighted by atomic mass is 32.1. The molecule has 0 aliphatic carbocycles. The third kappa shape index (κ3) is 3.24. The van der Waals surface area contributed by atoms with E-state index in [1.165, 1.54) is 16.0 Å². The molecule has 1 aromatic carbocycles. The van der Waals surface area contributed by atoms with Gasteiger partial charge in [0.2, 0.25) is 0 Å². The van der Waals surface area contributed by atoms with Crippen LogP contribution in [-0.2, 0) is 6.54 Å². The number of carbonyl (C=O) groups excluding carboxylic acids is 1. The Kier molecular flexibility index (Phi) is 4.49. The SMILES string of the molecule is Cc1ccc(C(=O)Cn2nc(-c3cccs3)c3sc(C)nc3c2=O)c(C)c1. The summed E-state index contributed by atoms with van der Waals surface area (Å²) in [4.78, 5) is 31.0. The van der Waals surface area contributed by atoms with Gasteiger partial charge in [0.25, 0.3) is 5.56 Å². The summed E-state index contributed by atoms with van der Waals surface area (Å²) < 4.78 is 2.02. The Balaban J connectivity index is 1.83. The van der Waals surface area contributed by atoms with Crippen molar-refractivity contribution >= 4 is 38.7 Å². The molecule has 7 heteroatoms. The summed E-state index contributed by atoms with van der Waals surface area (Å²) >= 11 is 3.00. The molecule has 0 fully saturated rings. The van der Waals surface area contributed by atoms with E-state index in [1.807, 2.05) is 56.5 Å². The topological polar surface area (TPSA) is 64.8 Å². The van der Waals surface area contributed by atoms with Gasteiger partial charge in [0.1, 0.15) is 12.2 Å². The van der Waals surface area contributed by atoms with Crippen molar-refractivity contribution in [2.45, 2.75) is 27.3 Å². The van der Waals surface area contributed by atoms with Crippen molar-refractivity contribution in [1.29, 1.82) is 0 Å². The van der Waals surface area contributed by atoms with Crippen LogP contribution in [0.15, 0.2) is 40.5 Å². The molecule has 5 nitrogen and oxygen atoms in total. The van der Waals surface area contributed by atoms with Gasteiger partial charge in [-0.15, -0.1) is 22.7 Å². The van der Waals surface area contributed by atoms with Crippen LogP contribution < -0.4 is 5.56 Å². The molecule has 0 saturated heterocycles. The number of hydrogen-bond acceptors (Lipinski definition) is 6. The first kappa shape index (κ1) is 17.8. The second-order valence-corrected chi connectivity index (χ2v) is 8.59. The van der Waals surface area contributed by atoms with Gasteiger partial charge in [-0.3, -0.25) is 9.59 Å². The fourth-order valence-electron chi connectivity index (χ4n) is 3.10. The van der Waals surface area contributed by atoms with Crippen LogP contribution in [0.1, 0.15) is 26.5 Å². The molecule has 3 aromatic heterocycles. The zero-order chi connectivity index (χ0) is 19.1.